The van der Waals surface area contributed by atoms with Gasteiger partial charge in [0.05, 0.1) is 0 Å². The maximum Gasteiger partial charge on any atom is 0.446 e. The lowest BCUT2D eigenvalue weighted by Gasteiger charge is -2.41. The molecule has 0 spiro atoms. The largest absolute Gasteiger partial charge is 0.446 e. The highest BCUT2D eigenvalue weighted by Crippen LogP contribution is 2.40. The van der Waals surface area contributed by atoms with Crippen molar-refractivity contribution in [2.75, 3.05) is 5.32 Å². The summed E-state index contributed by atoms with van der Waals surface area (Å²) < 4.78 is 43.6. The molecule has 0 radical (unpaired) electrons. The maximum absolute atomic E-state index is 12.4. The zero-order valence-electron chi connectivity index (χ0n) is 16.2. The molecular weight excluding hydrogens is 375 g/mol. The molecular formula is C19H30F3NOSSi. The van der Waals surface area contributed by atoms with E-state index in [0.717, 1.165) is 31.4 Å². The van der Waals surface area contributed by atoms with Gasteiger partial charge in [-0.15, -0.1) is 0 Å². The number of rotatable bonds is 5. The molecule has 0 atom stereocenters. The van der Waals surface area contributed by atoms with E-state index in [-0.39, 0.29) is 21.7 Å². The van der Waals surface area contributed by atoms with Gasteiger partial charge in [0.1, 0.15) is 0 Å². The third kappa shape index (κ3) is 6.50. The molecule has 2 nitrogen and oxygen atoms in total. The molecule has 1 saturated carbocycles. The predicted octanol–water partition coefficient (Wildman–Crippen LogP) is 7.04. The maximum atomic E-state index is 12.4. The van der Waals surface area contributed by atoms with E-state index in [1.54, 1.807) is 12.1 Å². The lowest BCUT2D eigenvalue weighted by molar-refractivity contribution is -0.0328. The van der Waals surface area contributed by atoms with Crippen LogP contribution in [0.1, 0.15) is 46.5 Å². The van der Waals surface area contributed by atoms with Gasteiger partial charge in [-0.3, -0.25) is 0 Å². The normalized spacial score (nSPS) is 22.3. The second-order valence-electron chi connectivity index (χ2n) is 8.57. The third-order valence-electron chi connectivity index (χ3n) is 5.40. The Morgan fingerprint density at radius 1 is 1.00 bits per heavy atom. The Bertz CT molecular complexity index is 576. The van der Waals surface area contributed by atoms with Crippen LogP contribution in [0, 0.1) is 0 Å². The Morgan fingerprint density at radius 3 is 2.00 bits per heavy atom. The predicted molar refractivity (Wildman–Crippen MR) is 106 cm³/mol. The quantitative estimate of drug-likeness (QED) is 0.419. The van der Waals surface area contributed by atoms with Crippen LogP contribution in [0.3, 0.4) is 0 Å². The first kappa shape index (κ1) is 21.6. The van der Waals surface area contributed by atoms with Crippen LogP contribution in [0.4, 0.5) is 18.9 Å². The van der Waals surface area contributed by atoms with Crippen LogP contribution in [-0.2, 0) is 4.43 Å². The van der Waals surface area contributed by atoms with Crippen molar-refractivity contribution in [1.29, 1.82) is 0 Å². The second-order valence-corrected chi connectivity index (χ2v) is 14.5. The van der Waals surface area contributed by atoms with E-state index >= 15 is 0 Å². The molecule has 0 unspecified atom stereocenters. The van der Waals surface area contributed by atoms with E-state index in [2.05, 4.69) is 39.2 Å². The number of hydrogen-bond acceptors (Lipinski definition) is 3. The zero-order chi connectivity index (χ0) is 19.6. The van der Waals surface area contributed by atoms with Crippen molar-refractivity contribution in [3.8, 4) is 0 Å². The molecule has 26 heavy (non-hydrogen) atoms. The summed E-state index contributed by atoms with van der Waals surface area (Å²) in [6.07, 6.45) is 4.45. The van der Waals surface area contributed by atoms with E-state index in [4.69, 9.17) is 4.43 Å². The van der Waals surface area contributed by atoms with Gasteiger partial charge in [-0.25, -0.2) is 0 Å². The van der Waals surface area contributed by atoms with Gasteiger partial charge in [-0.1, -0.05) is 20.8 Å². The number of anilines is 1. The van der Waals surface area contributed by atoms with E-state index in [9.17, 15) is 13.2 Å². The molecule has 2 rings (SSSR count). The fourth-order valence-corrected chi connectivity index (χ4v) is 4.87. The fraction of sp³-hybridized carbons (Fsp3) is 0.684. The van der Waals surface area contributed by atoms with Crippen molar-refractivity contribution < 1.29 is 17.6 Å². The standard InChI is InChI=1S/C19H30F3NOSSi/c1-18(2,3)26(4,5)24-16-10-6-14(7-11-16)23-15-8-12-17(13-9-15)25-19(20,21)22/h8-9,12-14,16,23H,6-7,10-11H2,1-5H3/t14-,16-. The monoisotopic (exact) mass is 405 g/mol. The Kier molecular flexibility index (Phi) is 6.78. The van der Waals surface area contributed by atoms with Gasteiger partial charge in [0.15, 0.2) is 8.32 Å². The van der Waals surface area contributed by atoms with Gasteiger partial charge in [0.25, 0.3) is 0 Å². The van der Waals surface area contributed by atoms with Crippen molar-refractivity contribution >= 4 is 25.8 Å². The molecule has 1 aliphatic rings. The molecule has 0 aromatic heterocycles. The third-order valence-corrected chi connectivity index (χ3v) is 10.7. The molecule has 0 amide bonds. The topological polar surface area (TPSA) is 21.3 Å². The Hall–Kier alpha value is -0.663. The Labute approximate surface area is 160 Å². The molecule has 0 heterocycles. The van der Waals surface area contributed by atoms with Crippen molar-refractivity contribution in [3.63, 3.8) is 0 Å². The summed E-state index contributed by atoms with van der Waals surface area (Å²) in [4.78, 5) is 0.217. The van der Waals surface area contributed by atoms with Crippen LogP contribution in [0.5, 0.6) is 0 Å². The number of hydrogen-bond donors (Lipinski definition) is 1. The fourth-order valence-electron chi connectivity index (χ4n) is 2.91. The van der Waals surface area contributed by atoms with Crippen LogP contribution in [0.15, 0.2) is 29.2 Å². The number of benzene rings is 1. The van der Waals surface area contributed by atoms with Gasteiger partial charge in [-0.05, 0) is 79.8 Å². The van der Waals surface area contributed by atoms with Crippen LogP contribution in [-0.4, -0.2) is 26.0 Å². The minimum absolute atomic E-state index is 0.0775. The minimum Gasteiger partial charge on any atom is -0.414 e. The summed E-state index contributed by atoms with van der Waals surface area (Å²) in [5, 5.41) is 3.67. The summed E-state index contributed by atoms with van der Waals surface area (Å²) in [6.45, 7) is 11.4. The molecule has 0 aliphatic heterocycles. The van der Waals surface area contributed by atoms with Gasteiger partial charge < -0.3 is 9.74 Å². The molecule has 1 aromatic rings. The second kappa shape index (κ2) is 8.15. The van der Waals surface area contributed by atoms with E-state index in [1.165, 1.54) is 12.1 Å². The Balaban J connectivity index is 1.82. The van der Waals surface area contributed by atoms with Crippen LogP contribution in [0.25, 0.3) is 0 Å². The molecule has 1 N–H and O–H groups in total. The van der Waals surface area contributed by atoms with Crippen molar-refractivity contribution in [3.05, 3.63) is 24.3 Å². The number of nitrogens with one attached hydrogen (secondary N) is 1. The van der Waals surface area contributed by atoms with E-state index in [0.29, 0.717) is 12.1 Å². The molecule has 1 aromatic carbocycles. The average Bonchev–Trinajstić information content (AvgIpc) is 2.48. The summed E-state index contributed by atoms with van der Waals surface area (Å²) in [5.41, 5.74) is -3.36. The van der Waals surface area contributed by atoms with Crippen LogP contribution >= 0.6 is 11.8 Å². The Morgan fingerprint density at radius 2 is 1.54 bits per heavy atom. The van der Waals surface area contributed by atoms with Gasteiger partial charge in [0, 0.05) is 22.7 Å². The summed E-state index contributed by atoms with van der Waals surface area (Å²) in [7, 11) is -1.73. The van der Waals surface area contributed by atoms with Crippen molar-refractivity contribution in [2.45, 2.75) is 87.1 Å². The number of alkyl halides is 3. The van der Waals surface area contributed by atoms with Crippen LogP contribution in [0.2, 0.25) is 18.1 Å². The molecule has 0 bridgehead atoms. The summed E-state index contributed by atoms with van der Waals surface area (Å²) >= 11 is -0.0775. The lowest BCUT2D eigenvalue weighted by Crippen LogP contribution is -2.45. The van der Waals surface area contributed by atoms with Crippen LogP contribution < -0.4 is 5.32 Å². The average molecular weight is 406 g/mol. The highest BCUT2D eigenvalue weighted by atomic mass is 32.2. The molecule has 7 heteroatoms. The van der Waals surface area contributed by atoms with Crippen molar-refractivity contribution in [2.24, 2.45) is 0 Å². The lowest BCUT2D eigenvalue weighted by atomic mass is 9.93. The van der Waals surface area contributed by atoms with E-state index < -0.39 is 13.8 Å². The van der Waals surface area contributed by atoms with Gasteiger partial charge in [0.2, 0.25) is 0 Å². The number of halogens is 3. The highest BCUT2D eigenvalue weighted by Gasteiger charge is 2.39. The first-order valence-electron chi connectivity index (χ1n) is 9.16. The van der Waals surface area contributed by atoms with Gasteiger partial charge in [-0.2, -0.15) is 13.2 Å². The smallest absolute Gasteiger partial charge is 0.414 e. The summed E-state index contributed by atoms with van der Waals surface area (Å²) in [6, 6.07) is 6.85. The number of thioether (sulfide) groups is 1. The first-order chi connectivity index (χ1) is 11.9. The zero-order valence-corrected chi connectivity index (χ0v) is 18.1. The molecule has 0 saturated heterocycles. The van der Waals surface area contributed by atoms with Crippen molar-refractivity contribution in [1.82, 2.24) is 0 Å². The SMILES string of the molecule is CC(C)(C)[Si](C)(C)O[C@H]1CC[C@H](Nc2ccc(SC(F)(F)F)cc2)CC1. The minimum atomic E-state index is -4.24. The van der Waals surface area contributed by atoms with Gasteiger partial charge >= 0.3 is 5.51 Å². The molecule has 1 aliphatic carbocycles. The molecule has 1 fully saturated rings. The first-order valence-corrected chi connectivity index (χ1v) is 12.9. The molecule has 148 valence electrons. The summed E-state index contributed by atoms with van der Waals surface area (Å²) in [5.74, 6) is 0. The highest BCUT2D eigenvalue weighted by molar-refractivity contribution is 8.00. The van der Waals surface area contributed by atoms with E-state index in [1.807, 2.05) is 0 Å².